The number of carbonyl (C=O) groups excluding carboxylic acids is 1. The minimum absolute atomic E-state index is 0.117. The topological polar surface area (TPSA) is 102 Å². The predicted molar refractivity (Wildman–Crippen MR) is 99.6 cm³/mol. The van der Waals surface area contributed by atoms with Crippen LogP contribution in [0.4, 0.5) is 10.1 Å². The maximum Gasteiger partial charge on any atom is 0.347 e. The van der Waals surface area contributed by atoms with E-state index in [1.54, 1.807) is 12.1 Å². The molecule has 5 rings (SSSR count). The largest absolute Gasteiger partial charge is 0.479 e. The van der Waals surface area contributed by atoms with Crippen molar-refractivity contribution < 1.29 is 18.7 Å². The zero-order valence-electron chi connectivity index (χ0n) is 15.4. The Balaban J connectivity index is 1.28. The number of nitrogens with zero attached hydrogens (tertiary/aromatic N) is 4. The molecular weight excluding hydrogens is 381 g/mol. The molecule has 2 aliphatic rings. The van der Waals surface area contributed by atoms with Crippen molar-refractivity contribution in [2.24, 2.45) is 5.92 Å². The van der Waals surface area contributed by atoms with Crippen LogP contribution >= 0.6 is 0 Å². The van der Waals surface area contributed by atoms with Gasteiger partial charge in [-0.2, -0.15) is 0 Å². The number of aromatic nitrogens is 4. The smallest absolute Gasteiger partial charge is 0.347 e. The van der Waals surface area contributed by atoms with Crippen molar-refractivity contribution in [3.05, 3.63) is 46.9 Å². The average Bonchev–Trinajstić information content (AvgIpc) is 3.38. The minimum Gasteiger partial charge on any atom is -0.479 e. The molecule has 0 unspecified atom stereocenters. The number of rotatable bonds is 6. The summed E-state index contributed by atoms with van der Waals surface area (Å²) in [6, 6.07) is 4.61. The van der Waals surface area contributed by atoms with Gasteiger partial charge in [-0.1, -0.05) is 0 Å². The van der Waals surface area contributed by atoms with Gasteiger partial charge in [0.05, 0.1) is 18.5 Å². The van der Waals surface area contributed by atoms with Gasteiger partial charge in [-0.05, 0) is 24.8 Å². The third-order valence-electron chi connectivity index (χ3n) is 5.07. The van der Waals surface area contributed by atoms with Gasteiger partial charge in [0.2, 0.25) is 5.88 Å². The van der Waals surface area contributed by atoms with Gasteiger partial charge >= 0.3 is 5.69 Å². The van der Waals surface area contributed by atoms with E-state index < -0.39 is 17.6 Å². The summed E-state index contributed by atoms with van der Waals surface area (Å²) >= 11 is 0. The first kappa shape index (κ1) is 17.7. The molecule has 1 saturated carbocycles. The molecule has 10 heteroatoms. The standard InChI is InChI=1S/C19H18FN5O4/c20-14-7-12(9-25-17(14)22-23-19(25)27)24-6-5-15(18(24)26)29-13-3-4-16(21-8-13)28-10-11-1-2-11/h3-4,7-9,11,15H,1-2,5-6,10H2,(H,23,27)/t15-/m1/s1. The van der Waals surface area contributed by atoms with Crippen LogP contribution in [-0.4, -0.2) is 44.7 Å². The first-order chi connectivity index (χ1) is 14.1. The summed E-state index contributed by atoms with van der Waals surface area (Å²) < 4.78 is 26.6. The quantitative estimate of drug-likeness (QED) is 0.675. The van der Waals surface area contributed by atoms with Crippen molar-refractivity contribution >= 4 is 17.2 Å². The second-order valence-corrected chi connectivity index (χ2v) is 7.24. The summed E-state index contributed by atoms with van der Waals surface area (Å²) in [5.41, 5.74) is -0.417. The third-order valence-corrected chi connectivity index (χ3v) is 5.07. The van der Waals surface area contributed by atoms with Crippen LogP contribution in [0.25, 0.3) is 5.65 Å². The summed E-state index contributed by atoms with van der Waals surface area (Å²) in [5.74, 6) is 0.616. The van der Waals surface area contributed by atoms with Gasteiger partial charge in [-0.15, -0.1) is 5.10 Å². The van der Waals surface area contributed by atoms with Crippen molar-refractivity contribution in [2.45, 2.75) is 25.4 Å². The Bertz CT molecular complexity index is 1120. The van der Waals surface area contributed by atoms with Crippen molar-refractivity contribution in [1.82, 2.24) is 19.6 Å². The molecule has 0 bridgehead atoms. The van der Waals surface area contributed by atoms with E-state index in [0.29, 0.717) is 37.1 Å². The maximum atomic E-state index is 14.2. The fourth-order valence-electron chi connectivity index (χ4n) is 3.30. The lowest BCUT2D eigenvalue weighted by Crippen LogP contribution is -2.32. The SMILES string of the molecule is O=C1[C@H](Oc2ccc(OCC3CC3)nc2)CCN1c1cc(F)c2n[nH]c(=O)n2c1. The van der Waals surface area contributed by atoms with Crippen molar-refractivity contribution in [3.63, 3.8) is 0 Å². The number of aromatic amines is 1. The first-order valence-electron chi connectivity index (χ1n) is 9.41. The second kappa shape index (κ2) is 6.87. The van der Waals surface area contributed by atoms with Crippen LogP contribution in [0.1, 0.15) is 19.3 Å². The van der Waals surface area contributed by atoms with Crippen LogP contribution in [-0.2, 0) is 4.79 Å². The van der Waals surface area contributed by atoms with Crippen LogP contribution in [0.15, 0.2) is 35.4 Å². The van der Waals surface area contributed by atoms with Crippen LogP contribution in [0, 0.1) is 11.7 Å². The van der Waals surface area contributed by atoms with Crippen molar-refractivity contribution in [2.75, 3.05) is 18.1 Å². The summed E-state index contributed by atoms with van der Waals surface area (Å²) in [6.45, 7) is 1.01. The number of hydrogen-bond acceptors (Lipinski definition) is 6. The summed E-state index contributed by atoms with van der Waals surface area (Å²) in [4.78, 5) is 30.1. The Morgan fingerprint density at radius 2 is 2.10 bits per heavy atom. The number of amides is 1. The fraction of sp³-hybridized carbons (Fsp3) is 0.368. The molecule has 1 amide bonds. The number of fused-ring (bicyclic) bond motifs is 1. The van der Waals surface area contributed by atoms with Gasteiger partial charge in [0.25, 0.3) is 5.91 Å². The van der Waals surface area contributed by atoms with E-state index in [1.165, 1.54) is 36.2 Å². The number of pyridine rings is 2. The molecule has 0 spiro atoms. The molecule has 3 aromatic heterocycles. The lowest BCUT2D eigenvalue weighted by Gasteiger charge is -2.17. The number of ether oxygens (including phenoxy) is 2. The lowest BCUT2D eigenvalue weighted by molar-refractivity contribution is -0.122. The third kappa shape index (κ3) is 3.41. The van der Waals surface area contributed by atoms with Crippen LogP contribution < -0.4 is 20.1 Å². The highest BCUT2D eigenvalue weighted by Crippen LogP contribution is 2.30. The highest BCUT2D eigenvalue weighted by atomic mass is 19.1. The van der Waals surface area contributed by atoms with Gasteiger partial charge in [0.15, 0.2) is 17.6 Å². The van der Waals surface area contributed by atoms with E-state index in [9.17, 15) is 14.0 Å². The minimum atomic E-state index is -0.713. The Morgan fingerprint density at radius 3 is 2.86 bits per heavy atom. The Kier molecular flexibility index (Phi) is 4.18. The van der Waals surface area contributed by atoms with Crippen molar-refractivity contribution in [1.29, 1.82) is 0 Å². The van der Waals surface area contributed by atoms with E-state index in [0.717, 1.165) is 4.40 Å². The van der Waals surface area contributed by atoms with Gasteiger partial charge in [-0.3, -0.25) is 4.79 Å². The Hall–Kier alpha value is -3.43. The number of anilines is 1. The van der Waals surface area contributed by atoms with Crippen LogP contribution in [0.2, 0.25) is 0 Å². The number of carbonyl (C=O) groups is 1. The molecule has 1 aliphatic carbocycles. The van der Waals surface area contributed by atoms with Crippen LogP contribution in [0.5, 0.6) is 11.6 Å². The average molecular weight is 399 g/mol. The molecule has 1 saturated heterocycles. The van der Waals surface area contributed by atoms with Crippen LogP contribution in [0.3, 0.4) is 0 Å². The monoisotopic (exact) mass is 399 g/mol. The summed E-state index contributed by atoms with van der Waals surface area (Å²) in [5, 5.41) is 5.80. The Labute approximate surface area is 164 Å². The highest BCUT2D eigenvalue weighted by molar-refractivity contribution is 5.99. The molecule has 3 aromatic rings. The number of halogens is 1. The lowest BCUT2D eigenvalue weighted by atomic mass is 10.3. The molecule has 1 atom stereocenters. The number of hydrogen-bond donors (Lipinski definition) is 1. The fourth-order valence-corrected chi connectivity index (χ4v) is 3.30. The van der Waals surface area contributed by atoms with E-state index in [-0.39, 0.29) is 17.2 Å². The van der Waals surface area contributed by atoms with E-state index in [4.69, 9.17) is 9.47 Å². The van der Waals surface area contributed by atoms with Gasteiger partial charge in [0, 0.05) is 31.3 Å². The molecule has 9 nitrogen and oxygen atoms in total. The van der Waals surface area contributed by atoms with Crippen molar-refractivity contribution in [3.8, 4) is 11.6 Å². The van der Waals surface area contributed by atoms with Gasteiger partial charge in [-0.25, -0.2) is 23.7 Å². The number of nitrogens with one attached hydrogen (secondary N) is 1. The molecule has 0 aromatic carbocycles. The molecule has 1 N–H and O–H groups in total. The zero-order chi connectivity index (χ0) is 20.0. The van der Waals surface area contributed by atoms with Gasteiger partial charge in [0.1, 0.15) is 5.75 Å². The first-order valence-corrected chi connectivity index (χ1v) is 9.41. The molecule has 150 valence electrons. The van der Waals surface area contributed by atoms with Gasteiger partial charge < -0.3 is 14.4 Å². The Morgan fingerprint density at radius 1 is 1.24 bits per heavy atom. The summed E-state index contributed by atoms with van der Waals surface area (Å²) in [7, 11) is 0. The molecule has 2 fully saturated rings. The molecule has 1 aliphatic heterocycles. The molecule has 4 heterocycles. The van der Waals surface area contributed by atoms with E-state index in [2.05, 4.69) is 15.2 Å². The second-order valence-electron chi connectivity index (χ2n) is 7.24. The maximum absolute atomic E-state index is 14.2. The normalized spacial score (nSPS) is 19.1. The highest BCUT2D eigenvalue weighted by Gasteiger charge is 2.35. The zero-order valence-corrected chi connectivity index (χ0v) is 15.4. The predicted octanol–water partition coefficient (Wildman–Crippen LogP) is 1.53. The summed E-state index contributed by atoms with van der Waals surface area (Å²) in [6.07, 6.45) is 5.03. The molecule has 0 radical (unpaired) electrons. The van der Waals surface area contributed by atoms with E-state index >= 15 is 0 Å². The molecular formula is C19H18FN5O4. The van der Waals surface area contributed by atoms with E-state index in [1.807, 2.05) is 0 Å². The molecule has 29 heavy (non-hydrogen) atoms. The number of H-pyrrole nitrogens is 1.